The average molecular weight is 302 g/mol. The van der Waals surface area contributed by atoms with E-state index in [1.54, 1.807) is 12.8 Å². The Balaban J connectivity index is 0.000000490. The molecule has 1 aliphatic rings. The molecule has 0 aromatic heterocycles. The Morgan fingerprint density at radius 3 is 1.75 bits per heavy atom. The fraction of sp³-hybridized carbons (Fsp3) is 1.00. The van der Waals surface area contributed by atoms with E-state index in [0.29, 0.717) is 0 Å². The van der Waals surface area contributed by atoms with E-state index in [1.165, 1.54) is 22.7 Å². The maximum atomic E-state index is 1.57. The Morgan fingerprint density at radius 2 is 1.50 bits per heavy atom. The Kier molecular flexibility index (Phi) is 5.27. The molecule has 0 spiro atoms. The molecular formula is C6H13HgO. The average Bonchev–Trinajstić information content (AvgIpc) is 1.69. The van der Waals surface area contributed by atoms with Gasteiger partial charge in [-0.05, 0) is 0 Å². The minimum absolute atomic E-state index is 0. The number of hydrogen-bond acceptors (Lipinski definition) is 0. The van der Waals surface area contributed by atoms with Gasteiger partial charge in [0.2, 0.25) is 0 Å². The van der Waals surface area contributed by atoms with Gasteiger partial charge in [-0.3, -0.25) is 0 Å². The first-order valence-corrected chi connectivity index (χ1v) is 6.40. The van der Waals surface area contributed by atoms with Gasteiger partial charge >= 0.3 is 61.7 Å². The van der Waals surface area contributed by atoms with Crippen LogP contribution >= 0.6 is 0 Å². The van der Waals surface area contributed by atoms with Gasteiger partial charge in [0, 0.05) is 0 Å². The van der Waals surface area contributed by atoms with Crippen LogP contribution in [0.3, 0.4) is 0 Å². The molecule has 0 heterocycles. The Morgan fingerprint density at radius 1 is 1.00 bits per heavy atom. The first-order valence-electron chi connectivity index (χ1n) is 3.22. The van der Waals surface area contributed by atoms with E-state index in [1.807, 2.05) is 0 Å². The van der Waals surface area contributed by atoms with Gasteiger partial charge in [-0.25, -0.2) is 0 Å². The third-order valence-corrected chi connectivity index (χ3v) is 4.90. The van der Waals surface area contributed by atoms with Crippen LogP contribution < -0.4 is 0 Å². The monoisotopic (exact) mass is 303 g/mol. The van der Waals surface area contributed by atoms with E-state index in [0.717, 1.165) is 26.1 Å². The predicted octanol–water partition coefficient (Wildman–Crippen LogP) is 1.46. The summed E-state index contributed by atoms with van der Waals surface area (Å²) in [6.07, 6.45) is 7.74. The minimum atomic E-state index is 0. The zero-order valence-corrected chi connectivity index (χ0v) is 10.8. The van der Waals surface area contributed by atoms with E-state index >= 15 is 0 Å². The van der Waals surface area contributed by atoms with Gasteiger partial charge in [0.15, 0.2) is 0 Å². The van der Waals surface area contributed by atoms with Gasteiger partial charge in [-0.1, -0.05) is 0 Å². The molecule has 0 amide bonds. The summed E-state index contributed by atoms with van der Waals surface area (Å²) in [5.41, 5.74) is 0. The van der Waals surface area contributed by atoms with Gasteiger partial charge in [-0.15, -0.1) is 0 Å². The van der Waals surface area contributed by atoms with Crippen LogP contribution in [0.15, 0.2) is 0 Å². The van der Waals surface area contributed by atoms with Crippen LogP contribution in [0.4, 0.5) is 0 Å². The summed E-state index contributed by atoms with van der Waals surface area (Å²) in [4.78, 5) is 0. The molecule has 0 bridgehead atoms. The van der Waals surface area contributed by atoms with Crippen LogP contribution in [0.25, 0.3) is 0 Å². The molecule has 0 unspecified atom stereocenters. The van der Waals surface area contributed by atoms with Crippen molar-refractivity contribution in [1.82, 2.24) is 0 Å². The summed E-state index contributed by atoms with van der Waals surface area (Å²) in [5.74, 6) is 0. The molecule has 0 aromatic rings. The summed E-state index contributed by atoms with van der Waals surface area (Å²) < 4.78 is 1.23. The van der Waals surface area contributed by atoms with Crippen LogP contribution in [0.1, 0.15) is 32.1 Å². The van der Waals surface area contributed by atoms with E-state index < -0.39 is 0 Å². The van der Waals surface area contributed by atoms with Crippen molar-refractivity contribution in [2.75, 3.05) is 0 Å². The summed E-state index contributed by atoms with van der Waals surface area (Å²) in [5, 5.41) is 0. The molecular weight excluding hydrogens is 289 g/mol. The maximum absolute atomic E-state index is 1.57. The summed E-state index contributed by atoms with van der Waals surface area (Å²) in [6.45, 7) is 0. The molecule has 0 atom stereocenters. The first kappa shape index (κ1) is 8.90. The first-order chi connectivity index (χ1) is 3.39. The number of hydrogen-bond donors (Lipinski definition) is 0. The van der Waals surface area contributed by atoms with Crippen LogP contribution in [0.2, 0.25) is 3.43 Å². The van der Waals surface area contributed by atoms with Crippen molar-refractivity contribution in [3.63, 3.8) is 0 Å². The van der Waals surface area contributed by atoms with E-state index in [-0.39, 0.29) is 5.48 Å². The SMILES string of the molecule is O.[Hg][CH]1CCCCC1. The molecule has 45 valence electrons. The molecule has 1 aliphatic carbocycles. The predicted molar refractivity (Wildman–Crippen MR) is 30.4 cm³/mol. The fourth-order valence-corrected chi connectivity index (χ4v) is 3.43. The van der Waals surface area contributed by atoms with Crippen LogP contribution in [0.5, 0.6) is 0 Å². The zero-order chi connectivity index (χ0) is 5.11. The van der Waals surface area contributed by atoms with Crippen LogP contribution in [0, 0.1) is 0 Å². The van der Waals surface area contributed by atoms with Gasteiger partial charge in [-0.2, -0.15) is 0 Å². The van der Waals surface area contributed by atoms with Gasteiger partial charge in [0.05, 0.1) is 0 Å². The van der Waals surface area contributed by atoms with Gasteiger partial charge in [0.25, 0.3) is 0 Å². The molecule has 1 saturated carbocycles. The third-order valence-electron chi connectivity index (χ3n) is 1.72. The molecule has 0 radical (unpaired) electrons. The quantitative estimate of drug-likeness (QED) is 0.607. The third kappa shape index (κ3) is 3.03. The molecule has 2 heteroatoms. The Hall–Kier alpha value is 0.895. The van der Waals surface area contributed by atoms with Crippen molar-refractivity contribution < 1.29 is 31.6 Å². The molecule has 8 heavy (non-hydrogen) atoms. The van der Waals surface area contributed by atoms with Crippen molar-refractivity contribution in [1.29, 1.82) is 0 Å². The van der Waals surface area contributed by atoms with Crippen molar-refractivity contribution in [3.8, 4) is 0 Å². The second kappa shape index (κ2) is 4.74. The zero-order valence-electron chi connectivity index (χ0n) is 5.32. The van der Waals surface area contributed by atoms with Gasteiger partial charge in [0.1, 0.15) is 0 Å². The summed E-state index contributed by atoms with van der Waals surface area (Å²) >= 11 is 1.09. The molecule has 0 aromatic carbocycles. The molecule has 0 saturated heterocycles. The molecule has 1 nitrogen and oxygen atoms in total. The second-order valence-electron chi connectivity index (χ2n) is 2.50. The van der Waals surface area contributed by atoms with Crippen molar-refractivity contribution in [2.45, 2.75) is 35.5 Å². The second-order valence-corrected chi connectivity index (χ2v) is 6.99. The normalized spacial score (nSPS) is 22.2. The van der Waals surface area contributed by atoms with E-state index in [4.69, 9.17) is 0 Å². The van der Waals surface area contributed by atoms with Crippen LogP contribution in [-0.2, 0) is 26.1 Å². The van der Waals surface area contributed by atoms with E-state index in [2.05, 4.69) is 0 Å². The van der Waals surface area contributed by atoms with Crippen molar-refractivity contribution in [2.24, 2.45) is 0 Å². The summed E-state index contributed by atoms with van der Waals surface area (Å²) in [6, 6.07) is 0. The molecule has 1 fully saturated rings. The standard InChI is InChI=1S/C6H11.Hg.H2O/c1-2-4-6-5-3-1;;/h1H,2-6H2;;1H2. The van der Waals surface area contributed by atoms with E-state index in [9.17, 15) is 0 Å². The van der Waals surface area contributed by atoms with Gasteiger partial charge < -0.3 is 5.48 Å². The fourth-order valence-electron chi connectivity index (χ4n) is 1.19. The summed E-state index contributed by atoms with van der Waals surface area (Å²) in [7, 11) is 0. The molecule has 0 aliphatic heterocycles. The van der Waals surface area contributed by atoms with Crippen molar-refractivity contribution >= 4 is 0 Å². The van der Waals surface area contributed by atoms with Crippen LogP contribution in [-0.4, -0.2) is 5.48 Å². The topological polar surface area (TPSA) is 31.5 Å². The Bertz CT molecular complexity index is 50.5. The van der Waals surface area contributed by atoms with Crippen molar-refractivity contribution in [3.05, 3.63) is 0 Å². The molecule has 2 N–H and O–H groups in total. The Labute approximate surface area is 67.1 Å². The molecule has 1 rings (SSSR count). The number of rotatable bonds is 0.